The molecule has 8 heteroatoms. The van der Waals surface area contributed by atoms with Gasteiger partial charge in [0.2, 0.25) is 5.91 Å². The molecule has 0 bridgehead atoms. The summed E-state index contributed by atoms with van der Waals surface area (Å²) in [5.74, 6) is -1.55. The molecule has 0 aliphatic heterocycles. The van der Waals surface area contributed by atoms with Crippen LogP contribution in [-0.2, 0) is 11.0 Å². The summed E-state index contributed by atoms with van der Waals surface area (Å²) in [5.41, 5.74) is -0.137. The minimum atomic E-state index is -4.44. The molecular weight excluding hydrogens is 377 g/mol. The van der Waals surface area contributed by atoms with Crippen molar-refractivity contribution in [3.05, 3.63) is 52.4 Å². The molecule has 1 heterocycles. The average molecular weight is 394 g/mol. The zero-order valence-corrected chi connectivity index (χ0v) is 15.0. The van der Waals surface area contributed by atoms with Crippen LogP contribution in [0, 0.1) is 5.92 Å². The van der Waals surface area contributed by atoms with E-state index in [1.165, 1.54) is 23.5 Å². The summed E-state index contributed by atoms with van der Waals surface area (Å²) >= 11 is 1.23. The number of rotatable bonds is 5. The van der Waals surface area contributed by atoms with Gasteiger partial charge in [0.15, 0.2) is 0 Å². The number of nitrogens with one attached hydrogen (secondary N) is 2. The number of anilines is 1. The van der Waals surface area contributed by atoms with E-state index >= 15 is 0 Å². The second kappa shape index (κ2) is 6.67. The Kier molecular flexibility index (Phi) is 4.46. The first kappa shape index (κ1) is 18.0. The van der Waals surface area contributed by atoms with Gasteiger partial charge in [-0.2, -0.15) is 13.2 Å². The van der Waals surface area contributed by atoms with E-state index in [9.17, 15) is 22.8 Å². The molecule has 2 amide bonds. The maximum atomic E-state index is 13.2. The highest BCUT2D eigenvalue weighted by molar-refractivity contribution is 7.14. The first-order valence-corrected chi connectivity index (χ1v) is 9.58. The molecule has 2 aliphatic rings. The average Bonchev–Trinajstić information content (AvgIpc) is 3.53. The Bertz CT molecular complexity index is 889. The lowest BCUT2D eigenvalue weighted by Gasteiger charge is -2.12. The van der Waals surface area contributed by atoms with E-state index in [-0.39, 0.29) is 23.4 Å². The van der Waals surface area contributed by atoms with Crippen LogP contribution in [0.2, 0.25) is 0 Å². The van der Waals surface area contributed by atoms with Crippen LogP contribution in [0.3, 0.4) is 0 Å². The first-order valence-electron chi connectivity index (χ1n) is 8.70. The molecule has 2 saturated carbocycles. The van der Waals surface area contributed by atoms with E-state index in [1.54, 1.807) is 17.5 Å². The van der Waals surface area contributed by atoms with Crippen molar-refractivity contribution in [3.8, 4) is 0 Å². The molecular formula is C19H17F3N2O2S. The molecule has 2 aromatic rings. The Labute approximate surface area is 157 Å². The molecule has 4 nitrogen and oxygen atoms in total. The Morgan fingerprint density at radius 1 is 1.11 bits per heavy atom. The van der Waals surface area contributed by atoms with Crippen molar-refractivity contribution in [2.24, 2.45) is 5.92 Å². The van der Waals surface area contributed by atoms with Gasteiger partial charge in [-0.05, 0) is 48.3 Å². The zero-order valence-electron chi connectivity index (χ0n) is 14.2. The van der Waals surface area contributed by atoms with Gasteiger partial charge in [0.25, 0.3) is 5.91 Å². The van der Waals surface area contributed by atoms with Crippen molar-refractivity contribution in [3.63, 3.8) is 0 Å². The summed E-state index contributed by atoms with van der Waals surface area (Å²) < 4.78 is 39.5. The summed E-state index contributed by atoms with van der Waals surface area (Å²) in [7, 11) is 0. The third-order valence-electron chi connectivity index (χ3n) is 4.85. The van der Waals surface area contributed by atoms with Crippen LogP contribution in [0.5, 0.6) is 0 Å². The Hall–Kier alpha value is -2.35. The molecule has 142 valence electrons. The first-order chi connectivity index (χ1) is 12.8. The maximum Gasteiger partial charge on any atom is 0.416 e. The lowest BCUT2D eigenvalue weighted by atomic mass is 10.0. The van der Waals surface area contributed by atoms with Crippen LogP contribution in [0.15, 0.2) is 35.7 Å². The quantitative estimate of drug-likeness (QED) is 0.790. The molecule has 1 aromatic carbocycles. The van der Waals surface area contributed by atoms with Gasteiger partial charge in [-0.25, -0.2) is 0 Å². The Balaban J connectivity index is 1.45. The monoisotopic (exact) mass is 394 g/mol. The highest BCUT2D eigenvalue weighted by Gasteiger charge is 2.48. The second-order valence-corrected chi connectivity index (χ2v) is 7.85. The van der Waals surface area contributed by atoms with Gasteiger partial charge < -0.3 is 10.6 Å². The van der Waals surface area contributed by atoms with E-state index in [1.807, 2.05) is 0 Å². The lowest BCUT2D eigenvalue weighted by molar-refractivity contribution is -0.138. The normalized spacial score (nSPS) is 21.6. The molecule has 0 saturated heterocycles. The van der Waals surface area contributed by atoms with Crippen LogP contribution >= 0.6 is 11.3 Å². The Morgan fingerprint density at radius 3 is 2.56 bits per heavy atom. The van der Waals surface area contributed by atoms with Gasteiger partial charge >= 0.3 is 6.18 Å². The molecule has 2 atom stereocenters. The van der Waals surface area contributed by atoms with Crippen LogP contribution in [0.4, 0.5) is 18.2 Å². The topological polar surface area (TPSA) is 58.2 Å². The Morgan fingerprint density at radius 2 is 1.85 bits per heavy atom. The van der Waals surface area contributed by atoms with E-state index in [0.717, 1.165) is 18.9 Å². The molecule has 2 N–H and O–H groups in total. The van der Waals surface area contributed by atoms with Crippen LogP contribution in [-0.4, -0.2) is 17.9 Å². The number of hydrogen-bond acceptors (Lipinski definition) is 3. The summed E-state index contributed by atoms with van der Waals surface area (Å²) in [5, 5.41) is 7.73. The van der Waals surface area contributed by atoms with Crippen molar-refractivity contribution in [1.82, 2.24) is 5.32 Å². The predicted molar refractivity (Wildman–Crippen MR) is 95.7 cm³/mol. The third kappa shape index (κ3) is 3.85. The number of halogens is 3. The van der Waals surface area contributed by atoms with E-state index in [0.29, 0.717) is 17.0 Å². The fourth-order valence-corrected chi connectivity index (χ4v) is 3.97. The van der Waals surface area contributed by atoms with Crippen LogP contribution < -0.4 is 10.6 Å². The lowest BCUT2D eigenvalue weighted by Crippen LogP contribution is -2.26. The summed E-state index contributed by atoms with van der Waals surface area (Å²) in [6.45, 7) is 0. The molecule has 0 unspecified atom stereocenters. The van der Waals surface area contributed by atoms with Gasteiger partial charge in [0.1, 0.15) is 5.00 Å². The van der Waals surface area contributed by atoms with E-state index in [4.69, 9.17) is 0 Å². The molecule has 4 rings (SSSR count). The number of thiophene rings is 1. The van der Waals surface area contributed by atoms with Gasteiger partial charge in [0, 0.05) is 12.0 Å². The minimum Gasteiger partial charge on any atom is -0.349 e. The van der Waals surface area contributed by atoms with Gasteiger partial charge in [-0.15, -0.1) is 11.3 Å². The van der Waals surface area contributed by atoms with Gasteiger partial charge in [0.05, 0.1) is 11.1 Å². The molecule has 0 radical (unpaired) electrons. The number of carbonyl (C=O) groups excluding carboxylic acids is 2. The van der Waals surface area contributed by atoms with Crippen molar-refractivity contribution in [2.75, 3.05) is 5.32 Å². The molecule has 2 fully saturated rings. The summed E-state index contributed by atoms with van der Waals surface area (Å²) in [6.07, 6.45) is -2.16. The molecule has 27 heavy (non-hydrogen) atoms. The van der Waals surface area contributed by atoms with Crippen molar-refractivity contribution in [2.45, 2.75) is 37.4 Å². The fourth-order valence-electron chi connectivity index (χ4n) is 3.19. The third-order valence-corrected chi connectivity index (χ3v) is 5.68. The number of amides is 2. The minimum absolute atomic E-state index is 0.156. The van der Waals surface area contributed by atoms with E-state index < -0.39 is 23.6 Å². The standard InChI is InChI=1S/C19H17F3N2O2S/c20-19(21,22)15-4-2-1-3-11(15)13-9-14(13)17(26)24-18-12(7-8-27-18)16(25)23-10-5-6-10/h1-4,7-8,10,13-14H,5-6,9H2,(H,23,25)(H,24,26)/t13-,14-/m1/s1. The van der Waals surface area contributed by atoms with Gasteiger partial charge in [-0.3, -0.25) is 9.59 Å². The zero-order chi connectivity index (χ0) is 19.2. The second-order valence-electron chi connectivity index (χ2n) is 6.93. The molecule has 2 aliphatic carbocycles. The van der Waals surface area contributed by atoms with Crippen LogP contribution in [0.25, 0.3) is 0 Å². The molecule has 1 aromatic heterocycles. The number of alkyl halides is 3. The fraction of sp³-hybridized carbons (Fsp3) is 0.368. The predicted octanol–water partition coefficient (Wildman–Crippen LogP) is 4.40. The van der Waals surface area contributed by atoms with Crippen molar-refractivity contribution < 1.29 is 22.8 Å². The highest BCUT2D eigenvalue weighted by atomic mass is 32.1. The van der Waals surface area contributed by atoms with Gasteiger partial charge in [-0.1, -0.05) is 18.2 Å². The van der Waals surface area contributed by atoms with Crippen molar-refractivity contribution >= 4 is 28.2 Å². The number of carbonyl (C=O) groups is 2. The van der Waals surface area contributed by atoms with E-state index in [2.05, 4.69) is 10.6 Å². The summed E-state index contributed by atoms with van der Waals surface area (Å²) in [4.78, 5) is 24.7. The van der Waals surface area contributed by atoms with Crippen LogP contribution in [0.1, 0.15) is 46.7 Å². The molecule has 0 spiro atoms. The van der Waals surface area contributed by atoms with Crippen molar-refractivity contribution in [1.29, 1.82) is 0 Å². The summed E-state index contributed by atoms with van der Waals surface area (Å²) in [6, 6.07) is 7.22. The maximum absolute atomic E-state index is 13.2. The SMILES string of the molecule is O=C(NC1CC1)c1ccsc1NC(=O)[C@@H]1C[C@@H]1c1ccccc1C(F)(F)F. The highest BCUT2D eigenvalue weighted by Crippen LogP contribution is 2.51. The number of benzene rings is 1. The smallest absolute Gasteiger partial charge is 0.349 e. The number of hydrogen-bond donors (Lipinski definition) is 2. The largest absolute Gasteiger partial charge is 0.416 e.